The minimum atomic E-state index is -0.163. The van der Waals surface area contributed by atoms with Crippen LogP contribution in [0.3, 0.4) is 0 Å². The molecule has 0 saturated carbocycles. The van der Waals surface area contributed by atoms with E-state index in [-0.39, 0.29) is 17.6 Å². The Morgan fingerprint density at radius 1 is 0.625 bits per heavy atom. The molecule has 0 atom stereocenters. The van der Waals surface area contributed by atoms with E-state index in [1.807, 2.05) is 7.05 Å². The second-order valence-electron chi connectivity index (χ2n) is 8.16. The van der Waals surface area contributed by atoms with Crippen LogP contribution in [0.1, 0.15) is 91.8 Å². The van der Waals surface area contributed by atoms with Gasteiger partial charge in [0.05, 0.1) is 0 Å². The third kappa shape index (κ3) is 13.0. The van der Waals surface area contributed by atoms with E-state index in [4.69, 9.17) is 0 Å². The van der Waals surface area contributed by atoms with Crippen molar-refractivity contribution in [3.63, 3.8) is 0 Å². The fraction of sp³-hybridized carbons (Fsp3) is 0.600. The van der Waals surface area contributed by atoms with Gasteiger partial charge in [-0.25, -0.2) is 0 Å². The zero-order chi connectivity index (χ0) is 23.6. The molecule has 2 amide bonds. The van der Waals surface area contributed by atoms with E-state index in [1.165, 1.54) is 0 Å². The maximum absolute atomic E-state index is 12.2. The predicted molar refractivity (Wildman–Crippen MR) is 127 cm³/mol. The van der Waals surface area contributed by atoms with Crippen LogP contribution in [0.25, 0.3) is 0 Å². The van der Waals surface area contributed by atoms with Gasteiger partial charge in [-0.3, -0.25) is 14.4 Å². The summed E-state index contributed by atoms with van der Waals surface area (Å²) >= 11 is 0. The number of unbranched alkanes of at least 4 members (excludes halogenated alkanes) is 4. The number of ketones is 2. The van der Waals surface area contributed by atoms with Gasteiger partial charge in [-0.1, -0.05) is 12.8 Å². The summed E-state index contributed by atoms with van der Waals surface area (Å²) in [7, 11) is 1.88. The van der Waals surface area contributed by atoms with E-state index < -0.39 is 0 Å². The SMILES string of the molecule is CNCCCC(=O)CCCCCNC(=O)c1ccc(C(=O)NCCCCCC(C)=O)cc1. The Labute approximate surface area is 192 Å². The number of hydrogen-bond donors (Lipinski definition) is 3. The van der Waals surface area contributed by atoms with Crippen molar-refractivity contribution in [3.8, 4) is 0 Å². The van der Waals surface area contributed by atoms with Crippen molar-refractivity contribution < 1.29 is 19.2 Å². The smallest absolute Gasteiger partial charge is 0.251 e. The highest BCUT2D eigenvalue weighted by atomic mass is 16.2. The highest BCUT2D eigenvalue weighted by Crippen LogP contribution is 2.07. The predicted octanol–water partition coefficient (Wildman–Crippen LogP) is 3.42. The van der Waals surface area contributed by atoms with Gasteiger partial charge >= 0.3 is 0 Å². The summed E-state index contributed by atoms with van der Waals surface area (Å²) < 4.78 is 0. The molecule has 3 N–H and O–H groups in total. The average Bonchev–Trinajstić information content (AvgIpc) is 2.78. The molecule has 0 saturated heterocycles. The second kappa shape index (κ2) is 17.1. The first-order valence-electron chi connectivity index (χ1n) is 11.8. The van der Waals surface area contributed by atoms with Crippen LogP contribution in [-0.2, 0) is 9.59 Å². The van der Waals surface area contributed by atoms with Crippen LogP contribution in [0.2, 0.25) is 0 Å². The van der Waals surface area contributed by atoms with Crippen LogP contribution in [0.5, 0.6) is 0 Å². The quantitative estimate of drug-likeness (QED) is 0.300. The fourth-order valence-electron chi connectivity index (χ4n) is 3.27. The molecule has 178 valence electrons. The number of benzene rings is 1. The number of rotatable bonds is 18. The topological polar surface area (TPSA) is 104 Å². The van der Waals surface area contributed by atoms with E-state index in [9.17, 15) is 19.2 Å². The molecular formula is C25H39N3O4. The van der Waals surface area contributed by atoms with Crippen molar-refractivity contribution in [1.82, 2.24) is 16.0 Å². The first-order valence-corrected chi connectivity index (χ1v) is 11.8. The van der Waals surface area contributed by atoms with Gasteiger partial charge in [0.15, 0.2) is 0 Å². The second-order valence-corrected chi connectivity index (χ2v) is 8.16. The van der Waals surface area contributed by atoms with Crippen molar-refractivity contribution >= 4 is 23.4 Å². The van der Waals surface area contributed by atoms with Crippen LogP contribution in [0, 0.1) is 0 Å². The Morgan fingerprint density at radius 2 is 1.09 bits per heavy atom. The summed E-state index contributed by atoms with van der Waals surface area (Å²) in [6.45, 7) is 3.59. The maximum Gasteiger partial charge on any atom is 0.251 e. The van der Waals surface area contributed by atoms with Gasteiger partial charge in [0.1, 0.15) is 11.6 Å². The molecule has 0 aliphatic heterocycles. The monoisotopic (exact) mass is 445 g/mol. The van der Waals surface area contributed by atoms with Gasteiger partial charge in [0.25, 0.3) is 11.8 Å². The minimum absolute atomic E-state index is 0.162. The normalized spacial score (nSPS) is 10.6. The summed E-state index contributed by atoms with van der Waals surface area (Å²) in [5.41, 5.74) is 1.04. The van der Waals surface area contributed by atoms with Crippen molar-refractivity contribution in [2.24, 2.45) is 0 Å². The van der Waals surface area contributed by atoms with Gasteiger partial charge < -0.3 is 20.7 Å². The molecule has 1 aromatic rings. The van der Waals surface area contributed by atoms with Crippen LogP contribution in [-0.4, -0.2) is 50.1 Å². The Balaban J connectivity index is 2.18. The fourth-order valence-corrected chi connectivity index (χ4v) is 3.27. The Hall–Kier alpha value is -2.54. The molecule has 0 bridgehead atoms. The molecule has 32 heavy (non-hydrogen) atoms. The lowest BCUT2D eigenvalue weighted by molar-refractivity contribution is -0.119. The molecule has 0 spiro atoms. The van der Waals surface area contributed by atoms with Crippen LogP contribution < -0.4 is 16.0 Å². The number of carbonyl (C=O) groups is 4. The lowest BCUT2D eigenvalue weighted by Crippen LogP contribution is -2.26. The van der Waals surface area contributed by atoms with Crippen LogP contribution in [0.15, 0.2) is 24.3 Å². The highest BCUT2D eigenvalue weighted by Gasteiger charge is 2.09. The van der Waals surface area contributed by atoms with Crippen molar-refractivity contribution in [2.45, 2.75) is 71.1 Å². The van der Waals surface area contributed by atoms with E-state index in [0.29, 0.717) is 49.3 Å². The zero-order valence-electron chi connectivity index (χ0n) is 19.6. The highest BCUT2D eigenvalue weighted by molar-refractivity contribution is 5.97. The van der Waals surface area contributed by atoms with Crippen molar-refractivity contribution in [2.75, 3.05) is 26.7 Å². The molecule has 1 aromatic carbocycles. The molecule has 0 radical (unpaired) electrons. The summed E-state index contributed by atoms with van der Waals surface area (Å²) in [5, 5.41) is 8.78. The Bertz CT molecular complexity index is 716. The molecule has 7 heteroatoms. The number of nitrogens with one attached hydrogen (secondary N) is 3. The third-order valence-electron chi connectivity index (χ3n) is 5.20. The van der Waals surface area contributed by atoms with Crippen LogP contribution >= 0.6 is 0 Å². The molecule has 7 nitrogen and oxygen atoms in total. The van der Waals surface area contributed by atoms with E-state index >= 15 is 0 Å². The van der Waals surface area contributed by atoms with Gasteiger partial charge in [0, 0.05) is 43.5 Å². The number of hydrogen-bond acceptors (Lipinski definition) is 5. The molecule has 0 heterocycles. The molecular weight excluding hydrogens is 406 g/mol. The third-order valence-corrected chi connectivity index (χ3v) is 5.20. The molecule has 1 rings (SSSR count). The van der Waals surface area contributed by atoms with Gasteiger partial charge in [0.2, 0.25) is 0 Å². The summed E-state index contributed by atoms with van der Waals surface area (Å²) in [5.74, 6) is 0.178. The Morgan fingerprint density at radius 3 is 1.56 bits per heavy atom. The first kappa shape index (κ1) is 27.5. The summed E-state index contributed by atoms with van der Waals surface area (Å²) in [6, 6.07) is 6.61. The standard InChI is InChI=1S/C25H39N3O4/c1-20(29)10-5-3-7-18-27-24(31)21-13-15-22(16-14-21)25(32)28-19-8-4-6-11-23(30)12-9-17-26-2/h13-16,26H,3-12,17-19H2,1-2H3,(H,27,31)(H,28,32). The van der Waals surface area contributed by atoms with Gasteiger partial charge in [-0.05, 0) is 76.9 Å². The van der Waals surface area contributed by atoms with E-state index in [0.717, 1.165) is 51.5 Å². The lowest BCUT2D eigenvalue weighted by Gasteiger charge is -2.07. The van der Waals surface area contributed by atoms with Gasteiger partial charge in [-0.2, -0.15) is 0 Å². The van der Waals surface area contributed by atoms with Gasteiger partial charge in [-0.15, -0.1) is 0 Å². The maximum atomic E-state index is 12.2. The molecule has 0 aliphatic rings. The zero-order valence-corrected chi connectivity index (χ0v) is 19.6. The lowest BCUT2D eigenvalue weighted by atomic mass is 10.1. The molecule has 0 unspecified atom stereocenters. The van der Waals surface area contributed by atoms with Crippen molar-refractivity contribution in [1.29, 1.82) is 0 Å². The molecule has 0 aliphatic carbocycles. The largest absolute Gasteiger partial charge is 0.352 e. The molecule has 0 aromatic heterocycles. The number of amides is 2. The summed E-state index contributed by atoms with van der Waals surface area (Å²) in [4.78, 5) is 47.0. The minimum Gasteiger partial charge on any atom is -0.352 e. The number of carbonyl (C=O) groups excluding carboxylic acids is 4. The summed E-state index contributed by atoms with van der Waals surface area (Å²) in [6.07, 6.45) is 7.91. The van der Waals surface area contributed by atoms with E-state index in [1.54, 1.807) is 31.2 Å². The van der Waals surface area contributed by atoms with Crippen LogP contribution in [0.4, 0.5) is 0 Å². The number of Topliss-reactive ketones (excluding diaryl/α,β-unsaturated/α-hetero) is 2. The Kier molecular flexibility index (Phi) is 14.7. The van der Waals surface area contributed by atoms with E-state index in [2.05, 4.69) is 16.0 Å². The first-order chi connectivity index (χ1) is 15.4. The molecule has 0 fully saturated rings. The average molecular weight is 446 g/mol. The van der Waals surface area contributed by atoms with Crippen molar-refractivity contribution in [3.05, 3.63) is 35.4 Å².